The van der Waals surface area contributed by atoms with Crippen LogP contribution in [0.4, 0.5) is 0 Å². The summed E-state index contributed by atoms with van der Waals surface area (Å²) in [4.78, 5) is 0. The first-order chi connectivity index (χ1) is 6.50. The number of hydrogen-bond donors (Lipinski definition) is 0. The van der Waals surface area contributed by atoms with Crippen molar-refractivity contribution in [3.8, 4) is 0 Å². The third-order valence-corrected chi connectivity index (χ3v) is 2.00. The van der Waals surface area contributed by atoms with E-state index in [-0.39, 0.29) is 0 Å². The van der Waals surface area contributed by atoms with Gasteiger partial charge in [-0.05, 0) is 32.1 Å². The van der Waals surface area contributed by atoms with E-state index < -0.39 is 0 Å². The van der Waals surface area contributed by atoms with E-state index in [1.807, 2.05) is 0 Å². The topological polar surface area (TPSA) is 0 Å². The van der Waals surface area contributed by atoms with Crippen LogP contribution in [-0.4, -0.2) is 0 Å². The average Bonchev–Trinajstić information content (AvgIpc) is 2.18. The fourth-order valence-corrected chi connectivity index (χ4v) is 1.25. The number of rotatable bonds is 0. The van der Waals surface area contributed by atoms with E-state index in [0.717, 1.165) is 12.8 Å². The summed E-state index contributed by atoms with van der Waals surface area (Å²) in [5.74, 6) is 0. The molecule has 0 aromatic rings. The van der Waals surface area contributed by atoms with Gasteiger partial charge < -0.3 is 0 Å². The molecule has 0 radical (unpaired) electrons. The molecule has 0 nitrogen and oxygen atoms in total. The summed E-state index contributed by atoms with van der Waals surface area (Å²) in [6, 6.07) is 0. The van der Waals surface area contributed by atoms with Crippen LogP contribution in [0.3, 0.4) is 0 Å². The Morgan fingerprint density at radius 2 is 1.08 bits per heavy atom. The summed E-state index contributed by atoms with van der Waals surface area (Å²) < 4.78 is 0. The summed E-state index contributed by atoms with van der Waals surface area (Å²) in [6.07, 6.45) is 23.5. The molecule has 0 atom stereocenters. The second-order valence-corrected chi connectivity index (χ2v) is 3.20. The van der Waals surface area contributed by atoms with Crippen LogP contribution in [0.2, 0.25) is 0 Å². The van der Waals surface area contributed by atoms with E-state index in [1.54, 1.807) is 0 Å². The molecule has 70 valence electrons. The normalized spacial score (nSPS) is 26.5. The lowest BCUT2D eigenvalue weighted by atomic mass is 10.2. The Labute approximate surface area is 81.4 Å². The molecule has 0 spiro atoms. The lowest BCUT2D eigenvalue weighted by molar-refractivity contribution is 0.864. The second-order valence-electron chi connectivity index (χ2n) is 3.20. The van der Waals surface area contributed by atoms with E-state index in [9.17, 15) is 0 Å². The van der Waals surface area contributed by atoms with Crippen molar-refractivity contribution in [1.29, 1.82) is 0 Å². The molecule has 0 bridgehead atoms. The van der Waals surface area contributed by atoms with E-state index in [0.29, 0.717) is 0 Å². The zero-order valence-electron chi connectivity index (χ0n) is 8.15. The quantitative estimate of drug-likeness (QED) is 0.483. The molecule has 0 aliphatic heterocycles. The molecule has 0 heterocycles. The Morgan fingerprint density at radius 3 is 1.62 bits per heavy atom. The lowest BCUT2D eigenvalue weighted by Crippen LogP contribution is -1.69. The van der Waals surface area contributed by atoms with Gasteiger partial charge in [0, 0.05) is 0 Å². The molecule has 0 saturated carbocycles. The highest BCUT2D eigenvalue weighted by Crippen LogP contribution is 2.01. The van der Waals surface area contributed by atoms with Gasteiger partial charge in [0.25, 0.3) is 0 Å². The van der Waals surface area contributed by atoms with Gasteiger partial charge in [0.1, 0.15) is 0 Å². The molecular weight excluding hydrogens is 156 g/mol. The van der Waals surface area contributed by atoms with Gasteiger partial charge >= 0.3 is 0 Å². The van der Waals surface area contributed by atoms with Crippen molar-refractivity contribution < 1.29 is 0 Å². The van der Waals surface area contributed by atoms with Crippen molar-refractivity contribution in [2.45, 2.75) is 32.1 Å². The van der Waals surface area contributed by atoms with Gasteiger partial charge in [0.05, 0.1) is 0 Å². The molecule has 0 aromatic heterocycles. The largest absolute Gasteiger partial charge is 0.0882 e. The predicted molar refractivity (Wildman–Crippen MR) is 59.6 cm³/mol. The SMILES string of the molecule is C1=CCCC/C=C\C/C=C/C=C/C1. The molecule has 13 heavy (non-hydrogen) atoms. The van der Waals surface area contributed by atoms with Gasteiger partial charge in [-0.1, -0.05) is 48.6 Å². The molecule has 0 heteroatoms. The van der Waals surface area contributed by atoms with Gasteiger partial charge in [0.2, 0.25) is 0 Å². The van der Waals surface area contributed by atoms with Crippen LogP contribution < -0.4 is 0 Å². The number of hydrogen-bond acceptors (Lipinski definition) is 0. The maximum absolute atomic E-state index is 2.28. The van der Waals surface area contributed by atoms with Crippen LogP contribution in [0.15, 0.2) is 48.6 Å². The van der Waals surface area contributed by atoms with Gasteiger partial charge in [-0.25, -0.2) is 0 Å². The van der Waals surface area contributed by atoms with Gasteiger partial charge in [-0.3, -0.25) is 0 Å². The molecule has 0 fully saturated rings. The third-order valence-electron chi connectivity index (χ3n) is 2.00. The highest BCUT2D eigenvalue weighted by Gasteiger charge is 1.80. The molecule has 0 unspecified atom stereocenters. The van der Waals surface area contributed by atoms with Crippen LogP contribution in [0.1, 0.15) is 32.1 Å². The first kappa shape index (κ1) is 10.0. The molecule has 0 amide bonds. The molecule has 0 aromatic carbocycles. The van der Waals surface area contributed by atoms with Crippen molar-refractivity contribution in [2.75, 3.05) is 0 Å². The smallest absolute Gasteiger partial charge is 0.0166 e. The monoisotopic (exact) mass is 174 g/mol. The van der Waals surface area contributed by atoms with Gasteiger partial charge in [-0.2, -0.15) is 0 Å². The second kappa shape index (κ2) is 7.60. The molecule has 0 N–H and O–H groups in total. The minimum atomic E-state index is 1.07. The van der Waals surface area contributed by atoms with Crippen molar-refractivity contribution in [3.05, 3.63) is 48.6 Å². The standard InChI is InChI=1S/C13H18/c1-2-4-6-8-10-12-13-11-9-7-5-3-1/h1-4,7-10H,5-6,11-13H2/b3-1+,4-2+,9-7-,10-8?. The Kier molecular flexibility index (Phi) is 5.87. The van der Waals surface area contributed by atoms with Crippen molar-refractivity contribution in [1.82, 2.24) is 0 Å². The molecule has 1 aliphatic carbocycles. The average molecular weight is 174 g/mol. The van der Waals surface area contributed by atoms with E-state index in [4.69, 9.17) is 0 Å². The number of allylic oxidation sites excluding steroid dienone is 8. The van der Waals surface area contributed by atoms with Crippen LogP contribution in [0.25, 0.3) is 0 Å². The van der Waals surface area contributed by atoms with Crippen LogP contribution in [-0.2, 0) is 0 Å². The highest BCUT2D eigenvalue weighted by molar-refractivity contribution is 5.07. The zero-order chi connectivity index (χ0) is 9.19. The highest BCUT2D eigenvalue weighted by atomic mass is 13.9. The summed E-state index contributed by atoms with van der Waals surface area (Å²) in [7, 11) is 0. The lowest BCUT2D eigenvalue weighted by Gasteiger charge is -1.89. The zero-order valence-corrected chi connectivity index (χ0v) is 8.15. The van der Waals surface area contributed by atoms with Crippen molar-refractivity contribution >= 4 is 0 Å². The van der Waals surface area contributed by atoms with Crippen LogP contribution >= 0.6 is 0 Å². The predicted octanol–water partition coefficient (Wildman–Crippen LogP) is 4.18. The van der Waals surface area contributed by atoms with Crippen molar-refractivity contribution in [3.63, 3.8) is 0 Å². The fraction of sp³-hybridized carbons (Fsp3) is 0.385. The Balaban J connectivity index is 2.38. The molecular formula is C13H18. The van der Waals surface area contributed by atoms with E-state index in [1.165, 1.54) is 19.3 Å². The van der Waals surface area contributed by atoms with E-state index in [2.05, 4.69) is 48.6 Å². The van der Waals surface area contributed by atoms with Gasteiger partial charge in [0.15, 0.2) is 0 Å². The summed E-state index contributed by atoms with van der Waals surface area (Å²) >= 11 is 0. The van der Waals surface area contributed by atoms with E-state index >= 15 is 0 Å². The molecule has 0 saturated heterocycles. The summed E-state index contributed by atoms with van der Waals surface area (Å²) in [6.45, 7) is 0. The molecule has 1 aliphatic rings. The maximum atomic E-state index is 2.28. The minimum absolute atomic E-state index is 1.07. The summed E-state index contributed by atoms with van der Waals surface area (Å²) in [5, 5.41) is 0. The summed E-state index contributed by atoms with van der Waals surface area (Å²) in [5.41, 5.74) is 0. The van der Waals surface area contributed by atoms with Crippen molar-refractivity contribution in [2.24, 2.45) is 0 Å². The van der Waals surface area contributed by atoms with Crippen LogP contribution in [0, 0.1) is 0 Å². The molecule has 1 rings (SSSR count). The maximum Gasteiger partial charge on any atom is -0.0166 e. The fourth-order valence-electron chi connectivity index (χ4n) is 1.25. The Bertz CT molecular complexity index is 192. The third kappa shape index (κ3) is 6.15. The Morgan fingerprint density at radius 1 is 0.538 bits per heavy atom. The first-order valence-corrected chi connectivity index (χ1v) is 5.12. The van der Waals surface area contributed by atoms with Crippen LogP contribution in [0.5, 0.6) is 0 Å². The first-order valence-electron chi connectivity index (χ1n) is 5.12. The van der Waals surface area contributed by atoms with Gasteiger partial charge in [-0.15, -0.1) is 0 Å². The Hall–Kier alpha value is -1.04. The minimum Gasteiger partial charge on any atom is -0.0882 e.